The molecule has 1 aromatic heterocycles. The summed E-state index contributed by atoms with van der Waals surface area (Å²) in [5.74, 6) is 0.980. The first kappa shape index (κ1) is 17.1. The van der Waals surface area contributed by atoms with Gasteiger partial charge in [0.2, 0.25) is 0 Å². The van der Waals surface area contributed by atoms with Gasteiger partial charge in [0.1, 0.15) is 12.2 Å². The normalized spacial score (nSPS) is 16.8. The van der Waals surface area contributed by atoms with Crippen molar-refractivity contribution < 1.29 is 0 Å². The van der Waals surface area contributed by atoms with E-state index in [2.05, 4.69) is 65.3 Å². The lowest BCUT2D eigenvalue weighted by molar-refractivity contribution is 0.160. The Morgan fingerprint density at radius 2 is 1.96 bits per heavy atom. The summed E-state index contributed by atoms with van der Waals surface area (Å²) in [5, 5.41) is 7.86. The molecule has 5 heteroatoms. The molecule has 1 N–H and O–H groups in total. The van der Waals surface area contributed by atoms with Gasteiger partial charge >= 0.3 is 0 Å². The average Bonchev–Trinajstić information content (AvgIpc) is 2.95. The minimum atomic E-state index is 0.190. The van der Waals surface area contributed by atoms with Crippen LogP contribution < -0.4 is 5.32 Å². The third-order valence-electron chi connectivity index (χ3n) is 5.01. The third kappa shape index (κ3) is 4.02. The predicted molar refractivity (Wildman–Crippen MR) is 96.5 cm³/mol. The Labute approximate surface area is 145 Å². The van der Waals surface area contributed by atoms with Crippen molar-refractivity contribution in [1.29, 1.82) is 0 Å². The second kappa shape index (κ2) is 7.03. The van der Waals surface area contributed by atoms with Gasteiger partial charge in [0.15, 0.2) is 0 Å². The second-order valence-corrected chi connectivity index (χ2v) is 7.85. The zero-order valence-corrected chi connectivity index (χ0v) is 15.3. The molecule has 24 heavy (non-hydrogen) atoms. The fourth-order valence-corrected chi connectivity index (χ4v) is 3.31. The van der Waals surface area contributed by atoms with E-state index in [9.17, 15) is 0 Å². The van der Waals surface area contributed by atoms with E-state index in [1.807, 2.05) is 11.7 Å². The molecule has 5 nitrogen and oxygen atoms in total. The van der Waals surface area contributed by atoms with Gasteiger partial charge in [-0.2, -0.15) is 5.10 Å². The first-order valence-corrected chi connectivity index (χ1v) is 8.79. The summed E-state index contributed by atoms with van der Waals surface area (Å²) in [6.45, 7) is 10.9. The van der Waals surface area contributed by atoms with E-state index in [-0.39, 0.29) is 5.41 Å². The Morgan fingerprint density at radius 3 is 2.62 bits per heavy atom. The van der Waals surface area contributed by atoms with Gasteiger partial charge in [-0.25, -0.2) is 4.98 Å². The summed E-state index contributed by atoms with van der Waals surface area (Å²) < 4.78 is 1.84. The predicted octanol–water partition coefficient (Wildman–Crippen LogP) is 2.38. The monoisotopic (exact) mass is 327 g/mol. The van der Waals surface area contributed by atoms with Gasteiger partial charge in [-0.15, -0.1) is 0 Å². The Balaban J connectivity index is 1.64. The van der Waals surface area contributed by atoms with Gasteiger partial charge in [0.05, 0.1) is 6.54 Å². The summed E-state index contributed by atoms with van der Waals surface area (Å²) in [4.78, 5) is 6.89. The van der Waals surface area contributed by atoms with Crippen LogP contribution in [0.15, 0.2) is 30.6 Å². The van der Waals surface area contributed by atoms with Crippen molar-refractivity contribution in [2.75, 3.05) is 13.1 Å². The van der Waals surface area contributed by atoms with Crippen LogP contribution in [-0.2, 0) is 26.6 Å². The highest BCUT2D eigenvalue weighted by Gasteiger charge is 2.28. The summed E-state index contributed by atoms with van der Waals surface area (Å²) >= 11 is 0. The fraction of sp³-hybridized carbons (Fsp3) is 0.579. The van der Waals surface area contributed by atoms with E-state index >= 15 is 0 Å². The maximum Gasteiger partial charge on any atom is 0.140 e. The number of aromatic nitrogens is 3. The average molecular weight is 327 g/mol. The summed E-state index contributed by atoms with van der Waals surface area (Å²) in [7, 11) is 1.94. The van der Waals surface area contributed by atoms with E-state index in [1.54, 1.807) is 6.33 Å². The maximum atomic E-state index is 4.32. The number of nitrogens with one attached hydrogen (secondary N) is 1. The SMILES string of the molecule is Cn1ncnc1CNC(CN1CCc2ccccc2C1)C(C)(C)C. The molecule has 0 spiro atoms. The molecule has 0 saturated carbocycles. The molecule has 0 aliphatic carbocycles. The van der Waals surface area contributed by atoms with E-state index in [1.165, 1.54) is 11.1 Å². The van der Waals surface area contributed by atoms with Crippen LogP contribution in [-0.4, -0.2) is 38.8 Å². The van der Waals surface area contributed by atoms with Crippen molar-refractivity contribution in [2.24, 2.45) is 12.5 Å². The lowest BCUT2D eigenvalue weighted by Crippen LogP contribution is -2.49. The highest BCUT2D eigenvalue weighted by Crippen LogP contribution is 2.24. The van der Waals surface area contributed by atoms with E-state index < -0.39 is 0 Å². The third-order valence-corrected chi connectivity index (χ3v) is 5.01. The van der Waals surface area contributed by atoms with Gasteiger partial charge in [-0.05, 0) is 23.0 Å². The van der Waals surface area contributed by atoms with Crippen LogP contribution in [0, 0.1) is 5.41 Å². The number of benzene rings is 1. The highest BCUT2D eigenvalue weighted by atomic mass is 15.3. The van der Waals surface area contributed by atoms with Crippen LogP contribution >= 0.6 is 0 Å². The minimum Gasteiger partial charge on any atom is -0.305 e. The molecule has 1 aromatic carbocycles. The smallest absolute Gasteiger partial charge is 0.140 e. The Bertz CT molecular complexity index is 670. The molecular formula is C19H29N5. The quantitative estimate of drug-likeness (QED) is 0.916. The topological polar surface area (TPSA) is 46.0 Å². The molecule has 0 bridgehead atoms. The van der Waals surface area contributed by atoms with Crippen molar-refractivity contribution >= 4 is 0 Å². The summed E-state index contributed by atoms with van der Waals surface area (Å²) in [6, 6.07) is 9.23. The molecule has 1 aliphatic heterocycles. The van der Waals surface area contributed by atoms with Crippen LogP contribution in [0.1, 0.15) is 37.7 Å². The molecule has 130 valence electrons. The van der Waals surface area contributed by atoms with E-state index in [4.69, 9.17) is 0 Å². The largest absolute Gasteiger partial charge is 0.305 e. The molecule has 0 saturated heterocycles. The lowest BCUT2D eigenvalue weighted by atomic mass is 9.85. The van der Waals surface area contributed by atoms with Crippen molar-refractivity contribution in [3.05, 3.63) is 47.5 Å². The van der Waals surface area contributed by atoms with Crippen LogP contribution in [0.5, 0.6) is 0 Å². The van der Waals surface area contributed by atoms with Crippen molar-refractivity contribution in [3.63, 3.8) is 0 Å². The summed E-state index contributed by atoms with van der Waals surface area (Å²) in [6.07, 6.45) is 2.76. The maximum absolute atomic E-state index is 4.32. The minimum absolute atomic E-state index is 0.190. The molecule has 0 fully saturated rings. The number of fused-ring (bicyclic) bond motifs is 1. The Kier molecular flexibility index (Phi) is 5.01. The molecule has 3 rings (SSSR count). The van der Waals surface area contributed by atoms with Crippen molar-refractivity contribution in [2.45, 2.75) is 46.3 Å². The molecule has 0 radical (unpaired) electrons. The number of nitrogens with zero attached hydrogens (tertiary/aromatic N) is 4. The Morgan fingerprint density at radius 1 is 1.21 bits per heavy atom. The van der Waals surface area contributed by atoms with E-state index in [0.717, 1.165) is 38.4 Å². The van der Waals surface area contributed by atoms with Crippen molar-refractivity contribution in [1.82, 2.24) is 25.0 Å². The fourth-order valence-electron chi connectivity index (χ4n) is 3.31. The lowest BCUT2D eigenvalue weighted by Gasteiger charge is -2.38. The van der Waals surface area contributed by atoms with Crippen LogP contribution in [0.4, 0.5) is 0 Å². The van der Waals surface area contributed by atoms with E-state index in [0.29, 0.717) is 6.04 Å². The molecular weight excluding hydrogens is 298 g/mol. The van der Waals surface area contributed by atoms with Crippen LogP contribution in [0.3, 0.4) is 0 Å². The molecule has 0 amide bonds. The number of rotatable bonds is 5. The molecule has 1 atom stereocenters. The number of aryl methyl sites for hydroxylation is 1. The first-order valence-electron chi connectivity index (χ1n) is 8.79. The van der Waals surface area contributed by atoms with Gasteiger partial charge in [0.25, 0.3) is 0 Å². The van der Waals surface area contributed by atoms with Gasteiger partial charge in [-0.1, -0.05) is 45.0 Å². The zero-order valence-electron chi connectivity index (χ0n) is 15.3. The molecule has 2 aromatic rings. The first-order chi connectivity index (χ1) is 11.4. The van der Waals surface area contributed by atoms with Gasteiger partial charge in [-0.3, -0.25) is 9.58 Å². The summed E-state index contributed by atoms with van der Waals surface area (Å²) in [5.41, 5.74) is 3.17. The number of hydrogen-bond acceptors (Lipinski definition) is 4. The molecule has 1 unspecified atom stereocenters. The van der Waals surface area contributed by atoms with Crippen LogP contribution in [0.2, 0.25) is 0 Å². The highest BCUT2D eigenvalue weighted by molar-refractivity contribution is 5.29. The van der Waals surface area contributed by atoms with Crippen LogP contribution in [0.25, 0.3) is 0 Å². The second-order valence-electron chi connectivity index (χ2n) is 7.85. The van der Waals surface area contributed by atoms with Gasteiger partial charge < -0.3 is 5.32 Å². The standard InChI is InChI=1S/C19H29N5/c1-19(2,3)17(20-11-18-21-14-22-23(18)4)13-24-10-9-15-7-5-6-8-16(15)12-24/h5-8,14,17,20H,9-13H2,1-4H3. The molecule has 1 aliphatic rings. The molecule has 2 heterocycles. The zero-order chi connectivity index (χ0) is 17.2. The number of hydrogen-bond donors (Lipinski definition) is 1. The van der Waals surface area contributed by atoms with Crippen molar-refractivity contribution in [3.8, 4) is 0 Å². The Hall–Kier alpha value is -1.72. The van der Waals surface area contributed by atoms with Gasteiger partial charge in [0, 0.05) is 32.7 Å².